The average Bonchev–Trinajstić information content (AvgIpc) is 2.71. The molecule has 3 aromatic rings. The summed E-state index contributed by atoms with van der Waals surface area (Å²) in [4.78, 5) is 0. The Morgan fingerprint density at radius 3 is 1.67 bits per heavy atom. The highest BCUT2D eigenvalue weighted by Gasteiger charge is 2.37. The van der Waals surface area contributed by atoms with Crippen molar-refractivity contribution in [2.75, 3.05) is 14.2 Å². The molecule has 0 radical (unpaired) electrons. The molecule has 0 unspecified atom stereocenters. The standard InChI is InChI=1S/C22H16F6O2/c1-29-19-9-4-3-6-17(19)18-8-5-7-16(20(18)30-2)13-10-14(21(23,24)25)12-15(11-13)22(26,27)28/h3-12H,1-2H3. The molecule has 8 heteroatoms. The van der Waals surface area contributed by atoms with Gasteiger partial charge in [-0.25, -0.2) is 0 Å². The maximum absolute atomic E-state index is 13.3. The van der Waals surface area contributed by atoms with Gasteiger partial charge in [-0.2, -0.15) is 26.3 Å². The topological polar surface area (TPSA) is 18.5 Å². The van der Waals surface area contributed by atoms with Gasteiger partial charge in [0.1, 0.15) is 11.5 Å². The Hall–Kier alpha value is -3.16. The summed E-state index contributed by atoms with van der Waals surface area (Å²) in [5.74, 6) is 0.613. The van der Waals surface area contributed by atoms with Crippen molar-refractivity contribution in [2.45, 2.75) is 12.4 Å². The van der Waals surface area contributed by atoms with Crippen LogP contribution in [0.25, 0.3) is 22.3 Å². The minimum Gasteiger partial charge on any atom is -0.496 e. The quantitative estimate of drug-likeness (QED) is 0.415. The first-order chi connectivity index (χ1) is 14.1. The Morgan fingerprint density at radius 1 is 0.600 bits per heavy atom. The van der Waals surface area contributed by atoms with Gasteiger partial charge in [0.05, 0.1) is 25.3 Å². The fourth-order valence-electron chi connectivity index (χ4n) is 3.17. The Labute approximate surface area is 168 Å². The first-order valence-electron chi connectivity index (χ1n) is 8.66. The fourth-order valence-corrected chi connectivity index (χ4v) is 3.17. The zero-order chi connectivity index (χ0) is 22.1. The lowest BCUT2D eigenvalue weighted by atomic mass is 9.94. The summed E-state index contributed by atoms with van der Waals surface area (Å²) in [5, 5.41) is 0. The van der Waals surface area contributed by atoms with Crippen LogP contribution in [0.3, 0.4) is 0 Å². The van der Waals surface area contributed by atoms with E-state index in [1.54, 1.807) is 30.3 Å². The van der Waals surface area contributed by atoms with Crippen molar-refractivity contribution in [3.05, 3.63) is 71.8 Å². The molecule has 0 bridgehead atoms. The zero-order valence-corrected chi connectivity index (χ0v) is 15.9. The third kappa shape index (κ3) is 4.22. The van der Waals surface area contributed by atoms with E-state index in [4.69, 9.17) is 9.47 Å². The number of hydrogen-bond donors (Lipinski definition) is 0. The van der Waals surface area contributed by atoms with Gasteiger partial charge in [0.2, 0.25) is 0 Å². The van der Waals surface area contributed by atoms with Gasteiger partial charge in [0, 0.05) is 16.7 Å². The van der Waals surface area contributed by atoms with Gasteiger partial charge in [-0.05, 0) is 29.8 Å². The molecule has 0 atom stereocenters. The van der Waals surface area contributed by atoms with Crippen molar-refractivity contribution in [2.24, 2.45) is 0 Å². The van der Waals surface area contributed by atoms with Crippen molar-refractivity contribution in [3.63, 3.8) is 0 Å². The molecule has 158 valence electrons. The molecule has 0 saturated carbocycles. The fraction of sp³-hybridized carbons (Fsp3) is 0.182. The van der Waals surface area contributed by atoms with E-state index < -0.39 is 23.5 Å². The summed E-state index contributed by atoms with van der Waals surface area (Å²) < 4.78 is 90.3. The summed E-state index contributed by atoms with van der Waals surface area (Å²) in [5.41, 5.74) is -1.89. The summed E-state index contributed by atoms with van der Waals surface area (Å²) in [6.07, 6.45) is -9.88. The highest BCUT2D eigenvalue weighted by Crippen LogP contribution is 2.44. The molecule has 0 heterocycles. The van der Waals surface area contributed by atoms with Crippen LogP contribution < -0.4 is 9.47 Å². The van der Waals surface area contributed by atoms with Gasteiger partial charge in [-0.1, -0.05) is 36.4 Å². The van der Waals surface area contributed by atoms with Crippen LogP contribution in [-0.4, -0.2) is 14.2 Å². The van der Waals surface area contributed by atoms with Crippen molar-refractivity contribution in [3.8, 4) is 33.8 Å². The largest absolute Gasteiger partial charge is 0.496 e. The van der Waals surface area contributed by atoms with Gasteiger partial charge in [-0.3, -0.25) is 0 Å². The van der Waals surface area contributed by atoms with Gasteiger partial charge >= 0.3 is 12.4 Å². The maximum Gasteiger partial charge on any atom is 0.416 e. The third-order valence-corrected chi connectivity index (χ3v) is 4.51. The second-order valence-electron chi connectivity index (χ2n) is 6.38. The molecule has 0 spiro atoms. The number of halogens is 6. The number of hydrogen-bond acceptors (Lipinski definition) is 2. The van der Waals surface area contributed by atoms with Crippen LogP contribution >= 0.6 is 0 Å². The number of alkyl halides is 6. The van der Waals surface area contributed by atoms with Crippen LogP contribution in [0.4, 0.5) is 26.3 Å². The molecule has 3 rings (SSSR count). The SMILES string of the molecule is COc1ccccc1-c1cccc(-c2cc(C(F)(F)F)cc(C(F)(F)F)c2)c1OC. The van der Waals surface area contributed by atoms with Crippen molar-refractivity contribution in [1.82, 2.24) is 0 Å². The van der Waals surface area contributed by atoms with Crippen LogP contribution in [-0.2, 0) is 12.4 Å². The highest BCUT2D eigenvalue weighted by molar-refractivity contribution is 5.85. The molecule has 0 amide bonds. The van der Waals surface area contributed by atoms with E-state index in [-0.39, 0.29) is 22.9 Å². The summed E-state index contributed by atoms with van der Waals surface area (Å²) in [6, 6.07) is 12.9. The third-order valence-electron chi connectivity index (χ3n) is 4.51. The molecule has 0 aliphatic heterocycles. The van der Waals surface area contributed by atoms with Crippen LogP contribution in [0.1, 0.15) is 11.1 Å². The lowest BCUT2D eigenvalue weighted by Gasteiger charge is -2.18. The molecule has 3 aromatic carbocycles. The molecule has 30 heavy (non-hydrogen) atoms. The number of rotatable bonds is 4. The number of benzene rings is 3. The normalized spacial score (nSPS) is 12.0. The smallest absolute Gasteiger partial charge is 0.416 e. The summed E-state index contributed by atoms with van der Waals surface area (Å²) in [6.45, 7) is 0. The number of methoxy groups -OCH3 is 2. The predicted molar refractivity (Wildman–Crippen MR) is 100 cm³/mol. The van der Waals surface area contributed by atoms with Gasteiger partial charge < -0.3 is 9.47 Å². The number of para-hydroxylation sites is 2. The first kappa shape index (κ1) is 21.5. The Bertz CT molecular complexity index is 1020. The van der Waals surface area contributed by atoms with E-state index in [1.165, 1.54) is 26.4 Å². The minimum absolute atomic E-state index is 0.0949. The zero-order valence-electron chi connectivity index (χ0n) is 15.9. The summed E-state index contributed by atoms with van der Waals surface area (Å²) in [7, 11) is 2.76. The molecular weight excluding hydrogens is 410 g/mol. The highest BCUT2D eigenvalue weighted by atomic mass is 19.4. The average molecular weight is 426 g/mol. The van der Waals surface area contributed by atoms with E-state index in [0.717, 1.165) is 0 Å². The van der Waals surface area contributed by atoms with Gasteiger partial charge in [-0.15, -0.1) is 0 Å². The van der Waals surface area contributed by atoms with Crippen molar-refractivity contribution in [1.29, 1.82) is 0 Å². The van der Waals surface area contributed by atoms with Crippen LogP contribution in [0, 0.1) is 0 Å². The molecule has 0 aliphatic rings. The van der Waals surface area contributed by atoms with Gasteiger partial charge in [0.25, 0.3) is 0 Å². The minimum atomic E-state index is -4.94. The molecule has 0 aromatic heterocycles. The van der Waals surface area contributed by atoms with E-state index in [1.807, 2.05) is 0 Å². The van der Waals surface area contributed by atoms with Crippen molar-refractivity contribution >= 4 is 0 Å². The summed E-state index contributed by atoms with van der Waals surface area (Å²) >= 11 is 0. The molecular formula is C22H16F6O2. The Morgan fingerprint density at radius 2 is 1.13 bits per heavy atom. The first-order valence-corrected chi connectivity index (χ1v) is 8.66. The Balaban J connectivity index is 2.29. The van der Waals surface area contributed by atoms with E-state index in [0.29, 0.717) is 29.0 Å². The van der Waals surface area contributed by atoms with E-state index in [9.17, 15) is 26.3 Å². The van der Waals surface area contributed by atoms with E-state index >= 15 is 0 Å². The van der Waals surface area contributed by atoms with Crippen LogP contribution in [0.5, 0.6) is 11.5 Å². The van der Waals surface area contributed by atoms with Gasteiger partial charge in [0.15, 0.2) is 0 Å². The Kier molecular flexibility index (Phi) is 5.70. The van der Waals surface area contributed by atoms with Crippen LogP contribution in [0.2, 0.25) is 0 Å². The lowest BCUT2D eigenvalue weighted by Crippen LogP contribution is -2.11. The second-order valence-corrected chi connectivity index (χ2v) is 6.38. The monoisotopic (exact) mass is 426 g/mol. The molecule has 0 fully saturated rings. The molecule has 0 saturated heterocycles. The van der Waals surface area contributed by atoms with E-state index in [2.05, 4.69) is 0 Å². The molecule has 0 N–H and O–H groups in total. The molecule has 2 nitrogen and oxygen atoms in total. The number of ether oxygens (including phenoxy) is 2. The van der Waals surface area contributed by atoms with Crippen LogP contribution in [0.15, 0.2) is 60.7 Å². The maximum atomic E-state index is 13.3. The lowest BCUT2D eigenvalue weighted by molar-refractivity contribution is -0.143. The van der Waals surface area contributed by atoms with Crippen molar-refractivity contribution < 1.29 is 35.8 Å². The second kappa shape index (κ2) is 7.93. The molecule has 0 aliphatic carbocycles. The predicted octanol–water partition coefficient (Wildman–Crippen LogP) is 7.08.